The summed E-state index contributed by atoms with van der Waals surface area (Å²) in [5, 5.41) is 0. The Labute approximate surface area is 162 Å². The predicted molar refractivity (Wildman–Crippen MR) is 108 cm³/mol. The average Bonchev–Trinajstić information content (AvgIpc) is 2.99. The highest BCUT2D eigenvalue weighted by atomic mass is 16.5. The molecule has 1 fully saturated rings. The molecule has 2 aliphatic rings. The summed E-state index contributed by atoms with van der Waals surface area (Å²) in [6.45, 7) is 3.39. The van der Waals surface area contributed by atoms with Crippen LogP contribution in [0.1, 0.15) is 83.1 Å². The fourth-order valence-corrected chi connectivity index (χ4v) is 4.18. The normalized spacial score (nSPS) is 17.4. The van der Waals surface area contributed by atoms with Crippen LogP contribution in [0.3, 0.4) is 0 Å². The Morgan fingerprint density at radius 1 is 1.11 bits per heavy atom. The number of hydrogen-bond donors (Lipinski definition) is 1. The van der Waals surface area contributed by atoms with Crippen molar-refractivity contribution in [2.75, 3.05) is 23.8 Å². The van der Waals surface area contributed by atoms with E-state index in [2.05, 4.69) is 16.9 Å². The van der Waals surface area contributed by atoms with E-state index < -0.39 is 0 Å². The Morgan fingerprint density at radius 2 is 1.93 bits per heavy atom. The first kappa shape index (κ1) is 19.9. The van der Waals surface area contributed by atoms with Gasteiger partial charge < -0.3 is 10.5 Å². The molecule has 6 heteroatoms. The van der Waals surface area contributed by atoms with Crippen molar-refractivity contribution in [1.29, 1.82) is 0 Å². The number of nitrogens with two attached hydrogens (primary N) is 1. The van der Waals surface area contributed by atoms with Crippen LogP contribution in [0.5, 0.6) is 6.01 Å². The number of fused-ring (bicyclic) bond motifs is 1. The number of amides is 1. The van der Waals surface area contributed by atoms with E-state index in [1.807, 2.05) is 0 Å². The summed E-state index contributed by atoms with van der Waals surface area (Å²) in [4.78, 5) is 22.9. The third-order valence-corrected chi connectivity index (χ3v) is 5.83. The van der Waals surface area contributed by atoms with Gasteiger partial charge in [-0.1, -0.05) is 64.7 Å². The molecule has 2 heterocycles. The zero-order chi connectivity index (χ0) is 19.1. The van der Waals surface area contributed by atoms with E-state index in [-0.39, 0.29) is 11.9 Å². The molecule has 0 unspecified atom stereocenters. The molecule has 0 radical (unpaired) electrons. The van der Waals surface area contributed by atoms with Gasteiger partial charge in [-0.15, -0.1) is 0 Å². The van der Waals surface area contributed by atoms with Crippen LogP contribution in [0, 0.1) is 5.92 Å². The topological polar surface area (TPSA) is 81.3 Å². The highest BCUT2D eigenvalue weighted by Crippen LogP contribution is 2.32. The largest absolute Gasteiger partial charge is 0.463 e. The van der Waals surface area contributed by atoms with Crippen LogP contribution >= 0.6 is 0 Å². The fraction of sp³-hybridized carbons (Fsp3) is 0.762. The van der Waals surface area contributed by atoms with Gasteiger partial charge in [0.05, 0.1) is 13.0 Å². The summed E-state index contributed by atoms with van der Waals surface area (Å²) in [5.74, 6) is 2.04. The SMILES string of the molecule is CCCCOc1nc(N)c2c(n1)N(CCCCCC1CCCCC1)C(=O)C2. The number of rotatable bonds is 10. The monoisotopic (exact) mass is 374 g/mol. The molecule has 1 aromatic rings. The highest BCUT2D eigenvalue weighted by Gasteiger charge is 2.31. The summed E-state index contributed by atoms with van der Waals surface area (Å²) in [5.41, 5.74) is 6.81. The molecule has 2 N–H and O–H groups in total. The van der Waals surface area contributed by atoms with E-state index in [1.54, 1.807) is 4.90 Å². The minimum absolute atomic E-state index is 0.0731. The first-order valence-corrected chi connectivity index (χ1v) is 10.8. The third kappa shape index (κ3) is 5.33. The van der Waals surface area contributed by atoms with Gasteiger partial charge in [0.25, 0.3) is 0 Å². The number of carbonyl (C=O) groups excluding carboxylic acids is 1. The summed E-state index contributed by atoms with van der Waals surface area (Å²) < 4.78 is 5.61. The maximum atomic E-state index is 12.4. The van der Waals surface area contributed by atoms with Gasteiger partial charge in [-0.25, -0.2) is 0 Å². The van der Waals surface area contributed by atoms with Gasteiger partial charge in [0.2, 0.25) is 5.91 Å². The van der Waals surface area contributed by atoms with E-state index in [1.165, 1.54) is 44.9 Å². The summed E-state index contributed by atoms with van der Waals surface area (Å²) in [6, 6.07) is 0.289. The van der Waals surface area contributed by atoms with Crippen LogP contribution in [0.4, 0.5) is 11.6 Å². The van der Waals surface area contributed by atoms with Crippen LogP contribution in [-0.2, 0) is 11.2 Å². The molecule has 27 heavy (non-hydrogen) atoms. The summed E-state index contributed by atoms with van der Waals surface area (Å²) in [6.07, 6.45) is 14.1. The van der Waals surface area contributed by atoms with Crippen LogP contribution in [0.2, 0.25) is 0 Å². The first-order chi connectivity index (χ1) is 13.2. The van der Waals surface area contributed by atoms with Gasteiger partial charge in [-0.2, -0.15) is 9.97 Å². The lowest BCUT2D eigenvalue weighted by Crippen LogP contribution is -2.28. The van der Waals surface area contributed by atoms with Crippen molar-refractivity contribution in [1.82, 2.24) is 9.97 Å². The number of carbonyl (C=O) groups is 1. The molecular formula is C21H34N4O2. The molecule has 0 saturated heterocycles. The second-order valence-corrected chi connectivity index (χ2v) is 7.97. The maximum absolute atomic E-state index is 12.4. The molecule has 1 aliphatic carbocycles. The lowest BCUT2D eigenvalue weighted by atomic mass is 9.85. The minimum Gasteiger partial charge on any atom is -0.463 e. The zero-order valence-corrected chi connectivity index (χ0v) is 16.7. The van der Waals surface area contributed by atoms with Crippen molar-refractivity contribution in [3.05, 3.63) is 5.56 Å². The van der Waals surface area contributed by atoms with Crippen molar-refractivity contribution in [3.8, 4) is 6.01 Å². The molecular weight excluding hydrogens is 340 g/mol. The minimum atomic E-state index is 0.0731. The molecule has 0 spiro atoms. The molecule has 0 aromatic carbocycles. The molecule has 1 aromatic heterocycles. The van der Waals surface area contributed by atoms with Crippen molar-refractivity contribution < 1.29 is 9.53 Å². The van der Waals surface area contributed by atoms with Crippen molar-refractivity contribution in [2.45, 2.75) is 84.0 Å². The molecule has 0 bridgehead atoms. The second-order valence-electron chi connectivity index (χ2n) is 7.97. The van der Waals surface area contributed by atoms with Crippen LogP contribution in [-0.4, -0.2) is 29.0 Å². The molecule has 3 rings (SSSR count). The zero-order valence-electron chi connectivity index (χ0n) is 16.7. The molecule has 1 amide bonds. The number of anilines is 2. The molecule has 150 valence electrons. The number of nitrogen functional groups attached to an aromatic ring is 1. The Hall–Kier alpha value is -1.85. The van der Waals surface area contributed by atoms with E-state index >= 15 is 0 Å². The summed E-state index contributed by atoms with van der Waals surface area (Å²) >= 11 is 0. The van der Waals surface area contributed by atoms with Crippen molar-refractivity contribution >= 4 is 17.5 Å². The average molecular weight is 375 g/mol. The fourth-order valence-electron chi connectivity index (χ4n) is 4.18. The van der Waals surface area contributed by atoms with Crippen LogP contribution in [0.25, 0.3) is 0 Å². The first-order valence-electron chi connectivity index (χ1n) is 10.8. The number of ether oxygens (including phenoxy) is 1. The van der Waals surface area contributed by atoms with E-state index in [9.17, 15) is 4.79 Å². The third-order valence-electron chi connectivity index (χ3n) is 5.83. The van der Waals surface area contributed by atoms with E-state index in [4.69, 9.17) is 10.5 Å². The second kappa shape index (κ2) is 9.90. The Kier molecular flexibility index (Phi) is 7.30. The van der Waals surface area contributed by atoms with Gasteiger partial charge in [0, 0.05) is 12.1 Å². The Morgan fingerprint density at radius 3 is 2.70 bits per heavy atom. The van der Waals surface area contributed by atoms with Crippen molar-refractivity contribution in [3.63, 3.8) is 0 Å². The van der Waals surface area contributed by atoms with Gasteiger partial charge in [0.15, 0.2) is 0 Å². The van der Waals surface area contributed by atoms with Crippen molar-refractivity contribution in [2.24, 2.45) is 5.92 Å². The van der Waals surface area contributed by atoms with Gasteiger partial charge in [-0.05, 0) is 18.8 Å². The van der Waals surface area contributed by atoms with Crippen LogP contribution < -0.4 is 15.4 Å². The molecule has 1 aliphatic heterocycles. The van der Waals surface area contributed by atoms with E-state index in [0.717, 1.165) is 37.2 Å². The van der Waals surface area contributed by atoms with E-state index in [0.29, 0.717) is 31.2 Å². The Balaban J connectivity index is 1.50. The summed E-state index contributed by atoms with van der Waals surface area (Å²) in [7, 11) is 0. The van der Waals surface area contributed by atoms with Crippen LogP contribution in [0.15, 0.2) is 0 Å². The molecule has 1 saturated carbocycles. The van der Waals surface area contributed by atoms with Gasteiger partial charge >= 0.3 is 6.01 Å². The Bertz CT molecular complexity index is 629. The quantitative estimate of drug-likeness (QED) is 0.619. The smallest absolute Gasteiger partial charge is 0.320 e. The lowest BCUT2D eigenvalue weighted by Gasteiger charge is -2.21. The number of unbranched alkanes of at least 4 members (excludes halogenated alkanes) is 3. The molecule has 6 nitrogen and oxygen atoms in total. The maximum Gasteiger partial charge on any atom is 0.320 e. The number of aromatic nitrogens is 2. The molecule has 0 atom stereocenters. The number of nitrogens with zero attached hydrogens (tertiary/aromatic N) is 3. The highest BCUT2D eigenvalue weighted by molar-refractivity contribution is 6.01. The lowest BCUT2D eigenvalue weighted by molar-refractivity contribution is -0.117. The standard InChI is InChI=1S/C21H34N4O2/c1-2-3-14-27-21-23-19(22)17-15-18(26)25(20(17)24-21)13-9-5-8-12-16-10-6-4-7-11-16/h16H,2-15H2,1H3,(H2,22,23,24). The van der Waals surface area contributed by atoms with Gasteiger partial charge in [0.1, 0.15) is 11.6 Å². The predicted octanol–water partition coefficient (Wildman–Crippen LogP) is 4.27. The van der Waals surface area contributed by atoms with Gasteiger partial charge in [-0.3, -0.25) is 9.69 Å². The number of hydrogen-bond acceptors (Lipinski definition) is 5.